The van der Waals surface area contributed by atoms with Gasteiger partial charge in [-0.05, 0) is 58.1 Å². The minimum Gasteiger partial charge on any atom is -0.314 e. The number of hydrogen-bond acceptors (Lipinski definition) is 4. The molecule has 0 saturated carbocycles. The van der Waals surface area contributed by atoms with Gasteiger partial charge in [0.2, 0.25) is 5.91 Å². The van der Waals surface area contributed by atoms with Gasteiger partial charge in [0.05, 0.1) is 0 Å². The third kappa shape index (κ3) is 5.61. The van der Waals surface area contributed by atoms with Crippen molar-refractivity contribution >= 4 is 24.1 Å². The zero-order chi connectivity index (χ0) is 14.5. The maximum atomic E-state index is 12.3. The monoisotopic (exact) mass is 312 g/mol. The quantitative estimate of drug-likeness (QED) is 0.891. The number of rotatable bonds is 4. The third-order valence-electron chi connectivity index (χ3n) is 3.57. The van der Waals surface area contributed by atoms with Crippen LogP contribution in [-0.4, -0.2) is 42.5 Å². The summed E-state index contributed by atoms with van der Waals surface area (Å²) in [7, 11) is 4.05. The van der Waals surface area contributed by atoms with Gasteiger partial charge in [-0.3, -0.25) is 4.79 Å². The first-order valence-electron chi connectivity index (χ1n) is 7.18. The van der Waals surface area contributed by atoms with Crippen molar-refractivity contribution < 1.29 is 4.79 Å². The number of amides is 1. The van der Waals surface area contributed by atoms with E-state index in [0.29, 0.717) is 11.9 Å². The summed E-state index contributed by atoms with van der Waals surface area (Å²) in [5.74, 6) is 0.832. The van der Waals surface area contributed by atoms with E-state index in [2.05, 4.69) is 27.4 Å². The Bertz CT molecular complexity index is 467. The average molecular weight is 313 g/mol. The lowest BCUT2D eigenvalue weighted by atomic mass is 9.92. The van der Waals surface area contributed by atoms with Gasteiger partial charge in [0.25, 0.3) is 0 Å². The minimum atomic E-state index is 0. The lowest BCUT2D eigenvalue weighted by Gasteiger charge is -2.27. The van der Waals surface area contributed by atoms with E-state index in [1.54, 1.807) is 6.20 Å². The predicted octanol–water partition coefficient (Wildman–Crippen LogP) is 1.89. The van der Waals surface area contributed by atoms with Crippen molar-refractivity contribution in [3.05, 3.63) is 23.9 Å². The fourth-order valence-electron chi connectivity index (χ4n) is 2.60. The van der Waals surface area contributed by atoms with Crippen molar-refractivity contribution in [3.8, 4) is 0 Å². The molecule has 6 heteroatoms. The van der Waals surface area contributed by atoms with Crippen LogP contribution in [0, 0.1) is 5.92 Å². The maximum Gasteiger partial charge on any atom is 0.228 e. The van der Waals surface area contributed by atoms with E-state index in [0.717, 1.165) is 31.5 Å². The van der Waals surface area contributed by atoms with Gasteiger partial charge in [-0.1, -0.05) is 0 Å². The van der Waals surface area contributed by atoms with Crippen LogP contribution in [0.2, 0.25) is 0 Å². The molecule has 1 amide bonds. The number of hydrogen-bond donors (Lipinski definition) is 2. The molecular formula is C15H25ClN4O. The first-order valence-corrected chi connectivity index (χ1v) is 7.18. The second kappa shape index (κ2) is 8.32. The van der Waals surface area contributed by atoms with E-state index >= 15 is 0 Å². The molecule has 118 valence electrons. The summed E-state index contributed by atoms with van der Waals surface area (Å²) in [6.45, 7) is 3.87. The van der Waals surface area contributed by atoms with Gasteiger partial charge in [0.1, 0.15) is 5.82 Å². The van der Waals surface area contributed by atoms with Crippen LogP contribution in [-0.2, 0) is 11.3 Å². The van der Waals surface area contributed by atoms with Gasteiger partial charge >= 0.3 is 0 Å². The van der Waals surface area contributed by atoms with E-state index in [1.165, 1.54) is 0 Å². The zero-order valence-corrected chi connectivity index (χ0v) is 13.7. The van der Waals surface area contributed by atoms with Crippen LogP contribution >= 0.6 is 12.4 Å². The molecule has 0 aromatic carbocycles. The standard InChI is InChI=1S/C15H24N4O.ClH/c1-11-8-13(5-7-16-11)15(20)18-14-9-12(4-6-17-14)10-19(2)3;/h4,6,9,11,13,16H,5,7-8,10H2,1-3H3,(H,17,18,20);1H/t11-,13-;/m0./s1. The fraction of sp³-hybridized carbons (Fsp3) is 0.600. The Morgan fingerprint density at radius 3 is 2.95 bits per heavy atom. The van der Waals surface area contributed by atoms with E-state index in [9.17, 15) is 4.79 Å². The molecule has 1 saturated heterocycles. The molecule has 1 fully saturated rings. The highest BCUT2D eigenvalue weighted by atomic mass is 35.5. The highest BCUT2D eigenvalue weighted by Crippen LogP contribution is 2.18. The van der Waals surface area contributed by atoms with Crippen LogP contribution in [0.1, 0.15) is 25.3 Å². The first-order chi connectivity index (χ1) is 9.54. The molecule has 0 unspecified atom stereocenters. The molecule has 0 spiro atoms. The second-order valence-electron chi connectivity index (χ2n) is 5.85. The van der Waals surface area contributed by atoms with Crippen molar-refractivity contribution in [1.29, 1.82) is 0 Å². The molecule has 0 radical (unpaired) electrons. The minimum absolute atomic E-state index is 0. The largest absolute Gasteiger partial charge is 0.314 e. The molecule has 2 N–H and O–H groups in total. The molecule has 1 aliphatic heterocycles. The van der Waals surface area contributed by atoms with E-state index in [4.69, 9.17) is 0 Å². The number of piperidine rings is 1. The number of aromatic nitrogens is 1. The van der Waals surface area contributed by atoms with Crippen molar-refractivity contribution in [2.75, 3.05) is 26.0 Å². The highest BCUT2D eigenvalue weighted by Gasteiger charge is 2.24. The number of carbonyl (C=O) groups excluding carboxylic acids is 1. The highest BCUT2D eigenvalue weighted by molar-refractivity contribution is 5.91. The molecular weight excluding hydrogens is 288 g/mol. The van der Waals surface area contributed by atoms with Crippen molar-refractivity contribution in [1.82, 2.24) is 15.2 Å². The molecule has 0 aliphatic carbocycles. The van der Waals surface area contributed by atoms with Crippen LogP contribution in [0.15, 0.2) is 18.3 Å². The van der Waals surface area contributed by atoms with E-state index in [1.807, 2.05) is 26.2 Å². The molecule has 2 rings (SSSR count). The Morgan fingerprint density at radius 2 is 2.29 bits per heavy atom. The van der Waals surface area contributed by atoms with Crippen LogP contribution in [0.4, 0.5) is 5.82 Å². The smallest absolute Gasteiger partial charge is 0.228 e. The predicted molar refractivity (Wildman–Crippen MR) is 87.7 cm³/mol. The lowest BCUT2D eigenvalue weighted by Crippen LogP contribution is -2.40. The number of pyridine rings is 1. The van der Waals surface area contributed by atoms with Gasteiger partial charge in [0.15, 0.2) is 0 Å². The first kappa shape index (κ1) is 17.9. The van der Waals surface area contributed by atoms with Crippen molar-refractivity contribution in [2.24, 2.45) is 5.92 Å². The molecule has 0 bridgehead atoms. The molecule has 1 aliphatic rings. The number of nitrogens with zero attached hydrogens (tertiary/aromatic N) is 2. The summed E-state index contributed by atoms with van der Waals surface area (Å²) in [6.07, 6.45) is 3.54. The summed E-state index contributed by atoms with van der Waals surface area (Å²) in [5.41, 5.74) is 1.15. The molecule has 1 aromatic rings. The summed E-state index contributed by atoms with van der Waals surface area (Å²) >= 11 is 0. The maximum absolute atomic E-state index is 12.3. The van der Waals surface area contributed by atoms with E-state index in [-0.39, 0.29) is 24.2 Å². The van der Waals surface area contributed by atoms with Crippen LogP contribution in [0.25, 0.3) is 0 Å². The Balaban J connectivity index is 0.00000220. The molecule has 2 heterocycles. The Hall–Kier alpha value is -1.17. The van der Waals surface area contributed by atoms with Gasteiger partial charge in [-0.15, -0.1) is 12.4 Å². The summed E-state index contributed by atoms with van der Waals surface area (Å²) in [6, 6.07) is 4.33. The van der Waals surface area contributed by atoms with Gasteiger partial charge in [0, 0.05) is 24.7 Å². The van der Waals surface area contributed by atoms with Gasteiger partial charge in [-0.2, -0.15) is 0 Å². The van der Waals surface area contributed by atoms with Gasteiger partial charge in [-0.25, -0.2) is 4.98 Å². The Morgan fingerprint density at radius 1 is 1.52 bits per heavy atom. The van der Waals surface area contributed by atoms with Gasteiger partial charge < -0.3 is 15.5 Å². The third-order valence-corrected chi connectivity index (χ3v) is 3.57. The molecule has 2 atom stereocenters. The summed E-state index contributed by atoms with van der Waals surface area (Å²) in [4.78, 5) is 18.6. The van der Waals surface area contributed by atoms with Crippen LogP contribution in [0.5, 0.6) is 0 Å². The lowest BCUT2D eigenvalue weighted by molar-refractivity contribution is -0.120. The Kier molecular flexibility index (Phi) is 7.08. The van der Waals surface area contributed by atoms with Crippen LogP contribution < -0.4 is 10.6 Å². The number of carbonyl (C=O) groups is 1. The Labute approximate surface area is 132 Å². The van der Waals surface area contributed by atoms with Crippen molar-refractivity contribution in [3.63, 3.8) is 0 Å². The topological polar surface area (TPSA) is 57.3 Å². The van der Waals surface area contributed by atoms with Crippen molar-refractivity contribution in [2.45, 2.75) is 32.4 Å². The molecule has 21 heavy (non-hydrogen) atoms. The SMILES string of the molecule is C[C@H]1C[C@@H](C(=O)Nc2cc(CN(C)C)ccn2)CCN1.Cl. The number of anilines is 1. The number of nitrogens with one attached hydrogen (secondary N) is 2. The number of halogens is 1. The van der Waals surface area contributed by atoms with Crippen LogP contribution in [0.3, 0.4) is 0 Å². The summed E-state index contributed by atoms with van der Waals surface area (Å²) < 4.78 is 0. The molecule has 5 nitrogen and oxygen atoms in total. The molecule has 1 aromatic heterocycles. The normalized spacial score (nSPS) is 21.7. The van der Waals surface area contributed by atoms with E-state index < -0.39 is 0 Å². The summed E-state index contributed by atoms with van der Waals surface area (Å²) in [5, 5.41) is 6.31. The average Bonchev–Trinajstić information content (AvgIpc) is 2.38. The zero-order valence-electron chi connectivity index (χ0n) is 12.9. The second-order valence-corrected chi connectivity index (χ2v) is 5.85. The fourth-order valence-corrected chi connectivity index (χ4v) is 2.60.